The van der Waals surface area contributed by atoms with E-state index in [0.717, 1.165) is 24.3 Å². The third kappa shape index (κ3) is 4.45. The van der Waals surface area contributed by atoms with Crippen molar-refractivity contribution >= 4 is 17.5 Å². The molecule has 5 heteroatoms. The summed E-state index contributed by atoms with van der Waals surface area (Å²) in [6.07, 6.45) is 3.14. The van der Waals surface area contributed by atoms with Crippen LogP contribution < -0.4 is 10.2 Å². The smallest absolute Gasteiger partial charge is 0.258 e. The van der Waals surface area contributed by atoms with E-state index < -0.39 is 0 Å². The van der Waals surface area contributed by atoms with Crippen molar-refractivity contribution in [3.05, 3.63) is 83.7 Å². The highest BCUT2D eigenvalue weighted by atomic mass is 16.1. The Morgan fingerprint density at radius 1 is 1.04 bits per heavy atom. The maximum absolute atomic E-state index is 12.4. The minimum absolute atomic E-state index is 0.215. The summed E-state index contributed by atoms with van der Waals surface area (Å²) in [6, 6.07) is 17.9. The lowest BCUT2D eigenvalue weighted by Gasteiger charge is -2.20. The molecule has 0 saturated carbocycles. The van der Waals surface area contributed by atoms with Gasteiger partial charge in [0.05, 0.1) is 5.56 Å². The number of hydrogen-bond donors (Lipinski definition) is 1. The second-order valence-corrected chi connectivity index (χ2v) is 6.10. The van der Waals surface area contributed by atoms with Crippen LogP contribution in [0, 0.1) is 6.92 Å². The van der Waals surface area contributed by atoms with Crippen molar-refractivity contribution in [1.29, 1.82) is 0 Å². The van der Waals surface area contributed by atoms with Gasteiger partial charge in [-0.25, -0.2) is 9.97 Å². The number of carbonyl (C=O) groups is 1. The molecular weight excluding hydrogens is 324 g/mol. The number of amides is 1. The Kier molecular flexibility index (Phi) is 5.59. The van der Waals surface area contributed by atoms with Crippen molar-refractivity contribution < 1.29 is 4.79 Å². The minimum atomic E-state index is -0.215. The van der Waals surface area contributed by atoms with Crippen molar-refractivity contribution in [2.75, 3.05) is 16.8 Å². The van der Waals surface area contributed by atoms with Gasteiger partial charge in [-0.05, 0) is 37.1 Å². The third-order valence-corrected chi connectivity index (χ3v) is 4.06. The van der Waals surface area contributed by atoms with Gasteiger partial charge in [-0.2, -0.15) is 0 Å². The van der Waals surface area contributed by atoms with Gasteiger partial charge in [-0.3, -0.25) is 4.79 Å². The highest BCUT2D eigenvalue weighted by Gasteiger charge is 2.11. The molecule has 0 aliphatic carbocycles. The molecule has 3 aromatic rings. The number of rotatable bonds is 6. The summed E-state index contributed by atoms with van der Waals surface area (Å²) in [5, 5.41) is 2.87. The number of benzene rings is 2. The van der Waals surface area contributed by atoms with Crippen LogP contribution in [0.1, 0.15) is 28.4 Å². The van der Waals surface area contributed by atoms with Gasteiger partial charge in [0, 0.05) is 31.2 Å². The normalized spacial score (nSPS) is 10.4. The molecule has 0 aliphatic heterocycles. The Hall–Kier alpha value is -3.21. The Morgan fingerprint density at radius 2 is 1.77 bits per heavy atom. The molecular formula is C21H22N4O. The molecule has 0 radical (unpaired) electrons. The van der Waals surface area contributed by atoms with Crippen molar-refractivity contribution in [3.8, 4) is 0 Å². The first-order valence-electron chi connectivity index (χ1n) is 8.64. The largest absolute Gasteiger partial charge is 0.337 e. The maximum atomic E-state index is 12.4. The zero-order chi connectivity index (χ0) is 18.4. The van der Waals surface area contributed by atoms with Gasteiger partial charge >= 0.3 is 0 Å². The molecule has 1 heterocycles. The van der Waals surface area contributed by atoms with Crippen molar-refractivity contribution in [2.45, 2.75) is 20.4 Å². The van der Waals surface area contributed by atoms with E-state index in [1.54, 1.807) is 12.4 Å². The van der Waals surface area contributed by atoms with E-state index in [2.05, 4.69) is 39.2 Å². The molecule has 5 nitrogen and oxygen atoms in total. The number of nitrogens with zero attached hydrogens (tertiary/aromatic N) is 3. The number of hydrogen-bond acceptors (Lipinski definition) is 4. The molecule has 0 spiro atoms. The van der Waals surface area contributed by atoms with Crippen LogP contribution in [-0.4, -0.2) is 22.4 Å². The van der Waals surface area contributed by atoms with Gasteiger partial charge in [0.1, 0.15) is 0 Å². The number of carbonyl (C=O) groups excluding carboxylic acids is 1. The fourth-order valence-corrected chi connectivity index (χ4v) is 2.66. The van der Waals surface area contributed by atoms with Crippen LogP contribution in [0.4, 0.5) is 11.6 Å². The minimum Gasteiger partial charge on any atom is -0.337 e. The fourth-order valence-electron chi connectivity index (χ4n) is 2.66. The third-order valence-electron chi connectivity index (χ3n) is 4.06. The van der Waals surface area contributed by atoms with Crippen LogP contribution in [0.2, 0.25) is 0 Å². The quantitative estimate of drug-likeness (QED) is 0.731. The molecule has 0 aliphatic rings. The van der Waals surface area contributed by atoms with Gasteiger partial charge in [0.25, 0.3) is 5.91 Å². The summed E-state index contributed by atoms with van der Waals surface area (Å²) >= 11 is 0. The standard InChI is InChI=1S/C21H22N4O/c1-3-25(15-17-9-5-4-6-10-17)21-22-13-18(14-23-21)20(26)24-19-11-7-8-16(2)12-19/h4-14H,3,15H2,1-2H3,(H,24,26). The predicted molar refractivity (Wildman–Crippen MR) is 104 cm³/mol. The molecule has 0 bridgehead atoms. The van der Waals surface area contributed by atoms with Gasteiger partial charge < -0.3 is 10.2 Å². The lowest BCUT2D eigenvalue weighted by atomic mass is 10.2. The van der Waals surface area contributed by atoms with E-state index in [0.29, 0.717) is 11.5 Å². The molecule has 0 atom stereocenters. The fraction of sp³-hybridized carbons (Fsp3) is 0.190. The molecule has 26 heavy (non-hydrogen) atoms. The number of aryl methyl sites for hydroxylation is 1. The molecule has 132 valence electrons. The average molecular weight is 346 g/mol. The Balaban J connectivity index is 1.69. The molecule has 0 fully saturated rings. The highest BCUT2D eigenvalue weighted by molar-refractivity contribution is 6.03. The van der Waals surface area contributed by atoms with Gasteiger partial charge in [-0.15, -0.1) is 0 Å². The maximum Gasteiger partial charge on any atom is 0.258 e. The monoisotopic (exact) mass is 346 g/mol. The summed E-state index contributed by atoms with van der Waals surface area (Å²) in [6.45, 7) is 5.56. The zero-order valence-corrected chi connectivity index (χ0v) is 15.0. The Labute approximate surface area is 153 Å². The van der Waals surface area contributed by atoms with E-state index in [4.69, 9.17) is 0 Å². The second kappa shape index (κ2) is 8.25. The van der Waals surface area contributed by atoms with Crippen LogP contribution in [0.25, 0.3) is 0 Å². The number of aromatic nitrogens is 2. The lowest BCUT2D eigenvalue weighted by molar-refractivity contribution is 0.102. The van der Waals surface area contributed by atoms with Crippen molar-refractivity contribution in [1.82, 2.24) is 9.97 Å². The lowest BCUT2D eigenvalue weighted by Crippen LogP contribution is -2.24. The molecule has 1 aromatic heterocycles. The Morgan fingerprint density at radius 3 is 2.42 bits per heavy atom. The van der Waals surface area contributed by atoms with E-state index >= 15 is 0 Å². The summed E-state index contributed by atoms with van der Waals surface area (Å²) in [4.78, 5) is 23.2. The van der Waals surface area contributed by atoms with Crippen LogP contribution in [0.15, 0.2) is 67.0 Å². The first kappa shape index (κ1) is 17.6. The second-order valence-electron chi connectivity index (χ2n) is 6.10. The van der Waals surface area contributed by atoms with E-state index in [1.165, 1.54) is 5.56 Å². The van der Waals surface area contributed by atoms with Crippen LogP contribution >= 0.6 is 0 Å². The molecule has 1 N–H and O–H groups in total. The van der Waals surface area contributed by atoms with Crippen molar-refractivity contribution in [3.63, 3.8) is 0 Å². The molecule has 2 aromatic carbocycles. The van der Waals surface area contributed by atoms with Crippen LogP contribution in [-0.2, 0) is 6.54 Å². The summed E-state index contributed by atoms with van der Waals surface area (Å²) < 4.78 is 0. The van der Waals surface area contributed by atoms with E-state index in [9.17, 15) is 4.79 Å². The number of nitrogens with one attached hydrogen (secondary N) is 1. The molecule has 1 amide bonds. The molecule has 0 saturated heterocycles. The molecule has 0 unspecified atom stereocenters. The average Bonchev–Trinajstić information content (AvgIpc) is 2.67. The van der Waals surface area contributed by atoms with Gasteiger partial charge in [0.2, 0.25) is 5.95 Å². The van der Waals surface area contributed by atoms with Crippen LogP contribution in [0.3, 0.4) is 0 Å². The highest BCUT2D eigenvalue weighted by Crippen LogP contribution is 2.14. The zero-order valence-electron chi connectivity index (χ0n) is 15.0. The summed E-state index contributed by atoms with van der Waals surface area (Å²) in [7, 11) is 0. The summed E-state index contributed by atoms with van der Waals surface area (Å²) in [5.74, 6) is 0.400. The van der Waals surface area contributed by atoms with Crippen LogP contribution in [0.5, 0.6) is 0 Å². The van der Waals surface area contributed by atoms with Crippen molar-refractivity contribution in [2.24, 2.45) is 0 Å². The predicted octanol–water partition coefficient (Wildman–Crippen LogP) is 4.06. The Bertz CT molecular complexity index is 863. The van der Waals surface area contributed by atoms with E-state index in [1.807, 2.05) is 49.4 Å². The van der Waals surface area contributed by atoms with Gasteiger partial charge in [-0.1, -0.05) is 42.5 Å². The summed E-state index contributed by atoms with van der Waals surface area (Å²) in [5.41, 5.74) is 3.48. The molecule has 3 rings (SSSR count). The number of anilines is 2. The van der Waals surface area contributed by atoms with Gasteiger partial charge in [0.15, 0.2) is 0 Å². The van der Waals surface area contributed by atoms with E-state index in [-0.39, 0.29) is 5.91 Å². The first-order chi connectivity index (χ1) is 12.7. The SMILES string of the molecule is CCN(Cc1ccccc1)c1ncc(C(=O)Nc2cccc(C)c2)cn1. The first-order valence-corrected chi connectivity index (χ1v) is 8.64. The topological polar surface area (TPSA) is 58.1 Å².